The minimum Gasteiger partial charge on any atom is -0.340 e. The van der Waals surface area contributed by atoms with E-state index in [1.165, 1.54) is 0 Å². The van der Waals surface area contributed by atoms with E-state index >= 15 is 0 Å². The Labute approximate surface area is 125 Å². The molecule has 20 heavy (non-hydrogen) atoms. The molecule has 2 N–H and O–H groups in total. The van der Waals surface area contributed by atoms with Gasteiger partial charge >= 0.3 is 0 Å². The molecule has 1 aliphatic rings. The van der Waals surface area contributed by atoms with Crippen LogP contribution in [0.1, 0.15) is 31.9 Å². The van der Waals surface area contributed by atoms with E-state index < -0.39 is 0 Å². The molecule has 1 aromatic rings. The summed E-state index contributed by atoms with van der Waals surface area (Å²) < 4.78 is 0. The number of benzene rings is 1. The second kappa shape index (κ2) is 7.14. The van der Waals surface area contributed by atoms with Crippen LogP contribution in [0.5, 0.6) is 0 Å². The Balaban J connectivity index is 2.01. The van der Waals surface area contributed by atoms with E-state index in [0.29, 0.717) is 5.25 Å². The Morgan fingerprint density at radius 1 is 1.45 bits per heavy atom. The minimum absolute atomic E-state index is 0.169. The summed E-state index contributed by atoms with van der Waals surface area (Å²) in [5, 5.41) is 0.577. The second-order valence-corrected chi connectivity index (χ2v) is 6.82. The van der Waals surface area contributed by atoms with Crippen LogP contribution in [0.25, 0.3) is 0 Å². The Kier molecular flexibility index (Phi) is 5.49. The van der Waals surface area contributed by atoms with Crippen LogP contribution in [0.15, 0.2) is 30.3 Å². The van der Waals surface area contributed by atoms with Gasteiger partial charge in [-0.05, 0) is 12.0 Å². The van der Waals surface area contributed by atoms with E-state index in [4.69, 9.17) is 5.73 Å². The molecule has 1 amide bonds. The van der Waals surface area contributed by atoms with Crippen LogP contribution in [0, 0.1) is 5.92 Å². The number of thioether (sulfide) groups is 1. The number of carbonyl (C=O) groups is 1. The summed E-state index contributed by atoms with van der Waals surface area (Å²) in [4.78, 5) is 14.6. The first-order valence-electron chi connectivity index (χ1n) is 7.34. The molecule has 1 aliphatic heterocycles. The van der Waals surface area contributed by atoms with Crippen molar-refractivity contribution in [1.29, 1.82) is 0 Å². The van der Waals surface area contributed by atoms with Crippen molar-refractivity contribution in [2.45, 2.75) is 31.6 Å². The third kappa shape index (κ3) is 3.55. The standard InChI is InChI=1S/C16H24N2OS/c1-3-14-11-18(9-10-20-14)16(19)12(2)15(17)13-7-5-4-6-8-13/h4-8,12,14-15H,3,9-11,17H2,1-2H3. The predicted octanol–water partition coefficient (Wildman–Crippen LogP) is 2.68. The van der Waals surface area contributed by atoms with Gasteiger partial charge in [0.05, 0.1) is 5.92 Å². The van der Waals surface area contributed by atoms with Crippen LogP contribution < -0.4 is 5.73 Å². The third-order valence-electron chi connectivity index (χ3n) is 4.02. The van der Waals surface area contributed by atoms with Gasteiger partial charge in [0.2, 0.25) is 5.91 Å². The first-order chi connectivity index (χ1) is 9.63. The highest BCUT2D eigenvalue weighted by Crippen LogP contribution is 2.25. The molecule has 1 fully saturated rings. The first-order valence-corrected chi connectivity index (χ1v) is 8.39. The van der Waals surface area contributed by atoms with Gasteiger partial charge in [-0.1, -0.05) is 44.2 Å². The van der Waals surface area contributed by atoms with E-state index in [0.717, 1.165) is 30.8 Å². The lowest BCUT2D eigenvalue weighted by atomic mass is 9.94. The summed E-state index contributed by atoms with van der Waals surface area (Å²) in [7, 11) is 0. The molecule has 0 radical (unpaired) electrons. The fourth-order valence-electron chi connectivity index (χ4n) is 2.57. The number of hydrogen-bond acceptors (Lipinski definition) is 3. The van der Waals surface area contributed by atoms with Crippen molar-refractivity contribution < 1.29 is 4.79 Å². The summed E-state index contributed by atoms with van der Waals surface area (Å²) in [5.74, 6) is 1.07. The van der Waals surface area contributed by atoms with Crippen molar-refractivity contribution in [3.63, 3.8) is 0 Å². The number of nitrogens with zero attached hydrogens (tertiary/aromatic N) is 1. The Hall–Kier alpha value is -1.00. The number of amides is 1. The summed E-state index contributed by atoms with van der Waals surface area (Å²) >= 11 is 1.98. The Bertz CT molecular complexity index is 437. The Morgan fingerprint density at radius 3 is 2.80 bits per heavy atom. The topological polar surface area (TPSA) is 46.3 Å². The van der Waals surface area contributed by atoms with Crippen molar-refractivity contribution in [2.75, 3.05) is 18.8 Å². The zero-order valence-electron chi connectivity index (χ0n) is 12.3. The number of nitrogens with two attached hydrogens (primary N) is 1. The molecule has 1 aromatic carbocycles. The van der Waals surface area contributed by atoms with E-state index in [2.05, 4.69) is 6.92 Å². The first kappa shape index (κ1) is 15.4. The summed E-state index contributed by atoms with van der Waals surface area (Å²) in [6.45, 7) is 5.85. The fourth-order valence-corrected chi connectivity index (χ4v) is 3.75. The lowest BCUT2D eigenvalue weighted by Crippen LogP contribution is -2.46. The highest BCUT2D eigenvalue weighted by molar-refractivity contribution is 8.00. The summed E-state index contributed by atoms with van der Waals surface area (Å²) in [6.07, 6.45) is 1.12. The maximum absolute atomic E-state index is 12.6. The lowest BCUT2D eigenvalue weighted by molar-refractivity contribution is -0.135. The van der Waals surface area contributed by atoms with Gasteiger partial charge in [0.25, 0.3) is 0 Å². The van der Waals surface area contributed by atoms with Crippen LogP contribution in [-0.4, -0.2) is 34.9 Å². The Morgan fingerprint density at radius 2 is 2.15 bits per heavy atom. The fraction of sp³-hybridized carbons (Fsp3) is 0.562. The predicted molar refractivity (Wildman–Crippen MR) is 85.7 cm³/mol. The molecular formula is C16H24N2OS. The zero-order valence-corrected chi connectivity index (χ0v) is 13.1. The van der Waals surface area contributed by atoms with Crippen molar-refractivity contribution >= 4 is 17.7 Å². The molecule has 1 heterocycles. The van der Waals surface area contributed by atoms with Crippen molar-refractivity contribution in [2.24, 2.45) is 11.7 Å². The minimum atomic E-state index is -0.224. The van der Waals surface area contributed by atoms with Gasteiger partial charge in [0.15, 0.2) is 0 Å². The zero-order chi connectivity index (χ0) is 14.5. The number of rotatable bonds is 4. The molecule has 1 saturated heterocycles. The normalized spacial score (nSPS) is 22.4. The van der Waals surface area contributed by atoms with E-state index in [1.807, 2.05) is 53.9 Å². The molecule has 4 heteroatoms. The van der Waals surface area contributed by atoms with E-state index in [-0.39, 0.29) is 17.9 Å². The second-order valence-electron chi connectivity index (χ2n) is 5.41. The summed E-state index contributed by atoms with van der Waals surface area (Å²) in [5.41, 5.74) is 7.29. The van der Waals surface area contributed by atoms with Crippen molar-refractivity contribution in [3.8, 4) is 0 Å². The molecule has 0 saturated carbocycles. The maximum atomic E-state index is 12.6. The van der Waals surface area contributed by atoms with Gasteiger partial charge in [0.1, 0.15) is 0 Å². The van der Waals surface area contributed by atoms with E-state index in [1.54, 1.807) is 0 Å². The van der Waals surface area contributed by atoms with Gasteiger partial charge in [-0.3, -0.25) is 4.79 Å². The highest BCUT2D eigenvalue weighted by atomic mass is 32.2. The average molecular weight is 292 g/mol. The molecule has 3 unspecified atom stereocenters. The van der Waals surface area contributed by atoms with Gasteiger partial charge in [-0.25, -0.2) is 0 Å². The average Bonchev–Trinajstić information content (AvgIpc) is 2.53. The summed E-state index contributed by atoms with van der Waals surface area (Å²) in [6, 6.07) is 9.67. The molecule has 110 valence electrons. The van der Waals surface area contributed by atoms with Gasteiger partial charge < -0.3 is 10.6 Å². The maximum Gasteiger partial charge on any atom is 0.227 e. The quantitative estimate of drug-likeness (QED) is 0.928. The van der Waals surface area contributed by atoms with Crippen molar-refractivity contribution in [3.05, 3.63) is 35.9 Å². The van der Waals surface area contributed by atoms with Crippen LogP contribution in [-0.2, 0) is 4.79 Å². The molecule has 3 atom stereocenters. The molecule has 0 bridgehead atoms. The van der Waals surface area contributed by atoms with Crippen LogP contribution in [0.2, 0.25) is 0 Å². The molecule has 3 nitrogen and oxygen atoms in total. The molecule has 0 aliphatic carbocycles. The van der Waals surface area contributed by atoms with E-state index in [9.17, 15) is 4.79 Å². The van der Waals surface area contributed by atoms with Gasteiger partial charge in [-0.15, -0.1) is 0 Å². The smallest absolute Gasteiger partial charge is 0.227 e. The monoisotopic (exact) mass is 292 g/mol. The van der Waals surface area contributed by atoms with Crippen LogP contribution in [0.4, 0.5) is 0 Å². The SMILES string of the molecule is CCC1CN(C(=O)C(C)C(N)c2ccccc2)CCS1. The lowest BCUT2D eigenvalue weighted by Gasteiger charge is -2.35. The number of hydrogen-bond donors (Lipinski definition) is 1. The largest absolute Gasteiger partial charge is 0.340 e. The van der Waals surface area contributed by atoms with Crippen LogP contribution in [0.3, 0.4) is 0 Å². The molecule has 0 spiro atoms. The van der Waals surface area contributed by atoms with Gasteiger partial charge in [0, 0.05) is 30.1 Å². The van der Waals surface area contributed by atoms with Crippen LogP contribution >= 0.6 is 11.8 Å². The highest BCUT2D eigenvalue weighted by Gasteiger charge is 2.29. The third-order valence-corrected chi connectivity index (χ3v) is 5.39. The molecular weight excluding hydrogens is 268 g/mol. The van der Waals surface area contributed by atoms with Gasteiger partial charge in [-0.2, -0.15) is 11.8 Å². The molecule has 2 rings (SSSR count). The number of carbonyl (C=O) groups excluding carboxylic acids is 1. The molecule has 0 aromatic heterocycles. The van der Waals surface area contributed by atoms with Crippen molar-refractivity contribution in [1.82, 2.24) is 4.90 Å².